The number of hydrogen-bond donors (Lipinski definition) is 1. The first-order valence-corrected chi connectivity index (χ1v) is 8.95. The average Bonchev–Trinajstić information content (AvgIpc) is 3.03. The maximum absolute atomic E-state index is 12.5. The highest BCUT2D eigenvalue weighted by Crippen LogP contribution is 2.24. The molecule has 0 saturated carbocycles. The molecule has 2 heterocycles. The van der Waals surface area contributed by atoms with Crippen LogP contribution in [0.1, 0.15) is 22.8 Å². The van der Waals surface area contributed by atoms with E-state index in [-0.39, 0.29) is 5.75 Å². The van der Waals surface area contributed by atoms with Crippen molar-refractivity contribution in [3.05, 3.63) is 77.6 Å². The number of rotatable bonds is 9. The summed E-state index contributed by atoms with van der Waals surface area (Å²) < 4.78 is 49.0. The molecule has 6 nitrogen and oxygen atoms in total. The molecule has 0 aliphatic carbocycles. The van der Waals surface area contributed by atoms with E-state index in [0.29, 0.717) is 37.7 Å². The van der Waals surface area contributed by atoms with Gasteiger partial charge in [-0.3, -0.25) is 10.3 Å². The molecule has 0 radical (unpaired) electrons. The van der Waals surface area contributed by atoms with Gasteiger partial charge in [0.15, 0.2) is 0 Å². The van der Waals surface area contributed by atoms with Crippen LogP contribution in [-0.4, -0.2) is 34.7 Å². The number of nitrogens with zero attached hydrogens (tertiary/aromatic N) is 3. The molecular weight excluding hydrogens is 385 g/mol. The van der Waals surface area contributed by atoms with Crippen molar-refractivity contribution >= 4 is 0 Å². The average molecular weight is 406 g/mol. The van der Waals surface area contributed by atoms with Crippen molar-refractivity contribution in [3.63, 3.8) is 0 Å². The van der Waals surface area contributed by atoms with Crippen molar-refractivity contribution in [1.29, 1.82) is 0 Å². The topological polar surface area (TPSA) is 61.2 Å². The van der Waals surface area contributed by atoms with E-state index in [1.54, 1.807) is 25.5 Å². The number of aromatic nitrogens is 3. The Morgan fingerprint density at radius 1 is 1.10 bits per heavy atom. The molecule has 0 amide bonds. The molecule has 9 heteroatoms. The van der Waals surface area contributed by atoms with E-state index in [0.717, 1.165) is 11.4 Å². The van der Waals surface area contributed by atoms with Crippen LogP contribution in [0.5, 0.6) is 5.75 Å². The van der Waals surface area contributed by atoms with Gasteiger partial charge < -0.3 is 14.0 Å². The van der Waals surface area contributed by atoms with Gasteiger partial charge in [0, 0.05) is 12.6 Å². The van der Waals surface area contributed by atoms with E-state index in [9.17, 15) is 13.2 Å². The molecule has 3 aromatic rings. The van der Waals surface area contributed by atoms with Gasteiger partial charge in [-0.2, -0.15) is 0 Å². The van der Waals surface area contributed by atoms with Gasteiger partial charge in [-0.25, -0.2) is 4.98 Å². The summed E-state index contributed by atoms with van der Waals surface area (Å²) in [5, 5.41) is 2.91. The van der Waals surface area contributed by atoms with E-state index < -0.39 is 6.36 Å². The molecule has 154 valence electrons. The van der Waals surface area contributed by atoms with Crippen molar-refractivity contribution in [1.82, 2.24) is 19.9 Å². The lowest BCUT2D eigenvalue weighted by atomic mass is 10.1. The Morgan fingerprint density at radius 3 is 2.69 bits per heavy atom. The third kappa shape index (κ3) is 6.30. The molecule has 3 rings (SSSR count). The first kappa shape index (κ1) is 20.8. The zero-order chi connectivity index (χ0) is 20.7. The summed E-state index contributed by atoms with van der Waals surface area (Å²) in [7, 11) is 1.78. The molecule has 29 heavy (non-hydrogen) atoms. The third-order valence-electron chi connectivity index (χ3n) is 4.06. The van der Waals surface area contributed by atoms with Crippen molar-refractivity contribution in [2.75, 3.05) is 13.8 Å². The number of nitrogens with one attached hydrogen (secondary N) is 1. The lowest BCUT2D eigenvalue weighted by molar-refractivity contribution is -0.274. The highest BCUT2D eigenvalue weighted by atomic mass is 19.4. The van der Waals surface area contributed by atoms with Crippen LogP contribution in [0.3, 0.4) is 0 Å². The van der Waals surface area contributed by atoms with Gasteiger partial charge in [-0.15, -0.1) is 13.2 Å². The molecular formula is C20H21F3N4O2. The maximum Gasteiger partial charge on any atom is 0.573 e. The fourth-order valence-corrected chi connectivity index (χ4v) is 2.85. The second-order valence-corrected chi connectivity index (χ2v) is 6.29. The van der Waals surface area contributed by atoms with Crippen LogP contribution in [0.4, 0.5) is 13.2 Å². The number of alkyl halides is 3. The Balaban J connectivity index is 1.83. The van der Waals surface area contributed by atoms with E-state index >= 15 is 0 Å². The Kier molecular flexibility index (Phi) is 6.84. The van der Waals surface area contributed by atoms with Crippen LogP contribution in [0.2, 0.25) is 0 Å². The predicted molar refractivity (Wildman–Crippen MR) is 100 cm³/mol. The zero-order valence-corrected chi connectivity index (χ0v) is 15.8. The number of hydrogen-bond acceptors (Lipinski definition) is 5. The Bertz CT molecular complexity index is 914. The summed E-state index contributed by atoms with van der Waals surface area (Å²) in [6, 6.07) is 11.5. The van der Waals surface area contributed by atoms with Crippen LogP contribution in [0.15, 0.2) is 54.9 Å². The first-order chi connectivity index (χ1) is 13.9. The molecule has 0 aliphatic rings. The van der Waals surface area contributed by atoms with Crippen LogP contribution in [0.25, 0.3) is 0 Å². The number of halogens is 3. The quantitative estimate of drug-likeness (QED) is 0.435. The molecule has 2 aromatic heterocycles. The second kappa shape index (κ2) is 9.53. The van der Waals surface area contributed by atoms with Crippen molar-refractivity contribution in [2.45, 2.75) is 25.9 Å². The molecule has 0 aliphatic heterocycles. The Hall–Kier alpha value is -2.91. The third-order valence-corrected chi connectivity index (χ3v) is 4.06. The second-order valence-electron chi connectivity index (χ2n) is 6.29. The summed E-state index contributed by atoms with van der Waals surface area (Å²) in [5.41, 5.74) is 2.35. The highest BCUT2D eigenvalue weighted by molar-refractivity contribution is 5.31. The highest BCUT2D eigenvalue weighted by Gasteiger charge is 2.31. The smallest absolute Gasteiger partial charge is 0.406 e. The van der Waals surface area contributed by atoms with Crippen LogP contribution < -0.4 is 10.1 Å². The first-order valence-electron chi connectivity index (χ1n) is 8.95. The normalized spacial score (nSPS) is 11.6. The monoisotopic (exact) mass is 406 g/mol. The number of pyridine rings is 1. The van der Waals surface area contributed by atoms with Gasteiger partial charge in [0.2, 0.25) is 0 Å². The van der Waals surface area contributed by atoms with Crippen LogP contribution >= 0.6 is 0 Å². The number of benzene rings is 1. The summed E-state index contributed by atoms with van der Waals surface area (Å²) in [4.78, 5) is 8.81. The molecule has 1 aromatic carbocycles. The summed E-state index contributed by atoms with van der Waals surface area (Å²) in [6.07, 6.45) is -0.965. The minimum absolute atomic E-state index is 0.254. The van der Waals surface area contributed by atoms with Crippen LogP contribution in [-0.2, 0) is 24.3 Å². The summed E-state index contributed by atoms with van der Waals surface area (Å²) in [5.74, 6) is 0.443. The standard InChI is InChI=1S/C20H21F3N4O2/c1-24-14-28-13-17-11-26-19(27(17)12-16-6-2-3-8-25-16)10-15-5-4-7-18(9-15)29-20(21,22)23/h2-9,11,24H,10,12-14H2,1H3. The Labute approximate surface area is 166 Å². The number of imidazole rings is 1. The van der Waals surface area contributed by atoms with Crippen LogP contribution in [0, 0.1) is 0 Å². The Morgan fingerprint density at radius 2 is 1.97 bits per heavy atom. The molecule has 0 atom stereocenters. The van der Waals surface area contributed by atoms with E-state index in [1.807, 2.05) is 22.8 Å². The molecule has 0 unspecified atom stereocenters. The van der Waals surface area contributed by atoms with Crippen molar-refractivity contribution < 1.29 is 22.6 Å². The lowest BCUT2D eigenvalue weighted by Gasteiger charge is -2.13. The van der Waals surface area contributed by atoms with Gasteiger partial charge in [0.05, 0.1) is 37.5 Å². The largest absolute Gasteiger partial charge is 0.573 e. The van der Waals surface area contributed by atoms with E-state index in [4.69, 9.17) is 4.74 Å². The van der Waals surface area contributed by atoms with Crippen molar-refractivity contribution in [3.8, 4) is 5.75 Å². The summed E-state index contributed by atoms with van der Waals surface area (Å²) >= 11 is 0. The van der Waals surface area contributed by atoms with E-state index in [2.05, 4.69) is 20.0 Å². The SMILES string of the molecule is CNCOCc1cnc(Cc2cccc(OC(F)(F)F)c2)n1Cc1ccccn1. The zero-order valence-electron chi connectivity index (χ0n) is 15.8. The van der Waals surface area contributed by atoms with Gasteiger partial charge in [0.25, 0.3) is 0 Å². The number of ether oxygens (including phenoxy) is 2. The van der Waals surface area contributed by atoms with Crippen molar-refractivity contribution in [2.24, 2.45) is 0 Å². The van der Waals surface area contributed by atoms with Gasteiger partial charge in [-0.05, 0) is 36.9 Å². The molecule has 1 N–H and O–H groups in total. The fourth-order valence-electron chi connectivity index (χ4n) is 2.85. The molecule has 0 fully saturated rings. The summed E-state index contributed by atoms with van der Waals surface area (Å²) in [6.45, 7) is 1.21. The predicted octanol–water partition coefficient (Wildman–Crippen LogP) is 3.51. The van der Waals surface area contributed by atoms with Gasteiger partial charge >= 0.3 is 6.36 Å². The molecule has 0 saturated heterocycles. The van der Waals surface area contributed by atoms with E-state index in [1.165, 1.54) is 18.2 Å². The van der Waals surface area contributed by atoms with Gasteiger partial charge in [-0.1, -0.05) is 18.2 Å². The maximum atomic E-state index is 12.5. The fraction of sp³-hybridized carbons (Fsp3) is 0.300. The molecule has 0 bridgehead atoms. The minimum Gasteiger partial charge on any atom is -0.406 e. The minimum atomic E-state index is -4.73. The van der Waals surface area contributed by atoms with Gasteiger partial charge in [0.1, 0.15) is 11.6 Å². The lowest BCUT2D eigenvalue weighted by Crippen LogP contribution is -2.17. The molecule has 0 spiro atoms.